The summed E-state index contributed by atoms with van der Waals surface area (Å²) in [7, 11) is 0. The normalized spacial score (nSPS) is 13.6. The Hall–Kier alpha value is -2.72. The molecule has 10 heteroatoms. The fraction of sp³-hybridized carbons (Fsp3) is 0.400. The Morgan fingerprint density at radius 2 is 2.11 bits per heavy atom. The highest BCUT2D eigenvalue weighted by Crippen LogP contribution is 2.47. The molecule has 5 rings (SSSR count). The maximum Gasteiger partial charge on any atom is 0.340 e. The number of aryl methyl sites for hydroxylation is 2. The van der Waals surface area contributed by atoms with Crippen molar-refractivity contribution in [2.45, 2.75) is 57.7 Å². The molecule has 0 saturated heterocycles. The number of fused-ring (bicyclic) bond motifs is 1. The molecule has 0 atom stereocenters. The van der Waals surface area contributed by atoms with Crippen LogP contribution in [0.2, 0.25) is 0 Å². The summed E-state index contributed by atoms with van der Waals surface area (Å²) in [5.41, 5.74) is 5.19. The highest BCUT2D eigenvalue weighted by Gasteiger charge is 2.34. The van der Waals surface area contributed by atoms with Crippen LogP contribution in [0.25, 0.3) is 10.9 Å². The number of imidazole rings is 2. The van der Waals surface area contributed by atoms with Gasteiger partial charge in [-0.25, -0.2) is 14.8 Å². The molecule has 0 radical (unpaired) electrons. The molecule has 3 heterocycles. The van der Waals surface area contributed by atoms with Gasteiger partial charge in [0.05, 0.1) is 40.7 Å². The van der Waals surface area contributed by atoms with Crippen LogP contribution in [0.3, 0.4) is 0 Å². The van der Waals surface area contributed by atoms with E-state index in [-0.39, 0.29) is 18.3 Å². The van der Waals surface area contributed by atoms with Gasteiger partial charge in [0, 0.05) is 52.3 Å². The van der Waals surface area contributed by atoms with Crippen molar-refractivity contribution >= 4 is 44.6 Å². The topological polar surface area (TPSA) is 98.0 Å². The number of benzene rings is 1. The first-order valence-corrected chi connectivity index (χ1v) is 13.6. The fourth-order valence-electron chi connectivity index (χ4n) is 4.54. The number of thioether (sulfide) groups is 1. The number of rotatable bonds is 9. The number of esters is 1. The Morgan fingerprint density at radius 3 is 2.74 bits per heavy atom. The van der Waals surface area contributed by atoms with E-state index < -0.39 is 0 Å². The van der Waals surface area contributed by atoms with Crippen molar-refractivity contribution in [3.8, 4) is 5.75 Å². The molecule has 0 spiro atoms. The third-order valence-corrected chi connectivity index (χ3v) is 8.04. The first-order valence-electron chi connectivity index (χ1n) is 11.7. The standard InChI is InChI=1S/C25H28BrN5O3S/c1-4-34-25(33)23-21(12-35-11-19-14(2)28-13-29-19)31(16-5-6-16)20-9-18(26)24(32)17(22(20)23)10-30-8-7-27-15(30)3/h7-9,13,16,32H,4-6,10-12H2,1-3H3,(H,28,29). The summed E-state index contributed by atoms with van der Waals surface area (Å²) in [6.07, 6.45) is 7.46. The second kappa shape index (κ2) is 9.73. The number of hydrogen-bond donors (Lipinski definition) is 2. The van der Waals surface area contributed by atoms with Crippen molar-refractivity contribution in [3.05, 3.63) is 63.3 Å². The van der Waals surface area contributed by atoms with Crippen LogP contribution in [-0.4, -0.2) is 41.8 Å². The Bertz CT molecular complexity index is 1400. The van der Waals surface area contributed by atoms with E-state index in [1.54, 1.807) is 24.3 Å². The minimum atomic E-state index is -0.353. The second-order valence-corrected chi connectivity index (χ2v) is 10.6. The van der Waals surface area contributed by atoms with Gasteiger partial charge in [0.15, 0.2) is 0 Å². The predicted octanol–water partition coefficient (Wildman–Crippen LogP) is 5.64. The number of halogens is 1. The minimum Gasteiger partial charge on any atom is -0.506 e. The van der Waals surface area contributed by atoms with E-state index in [1.165, 1.54) is 0 Å². The van der Waals surface area contributed by atoms with E-state index in [0.29, 0.717) is 33.9 Å². The predicted molar refractivity (Wildman–Crippen MR) is 140 cm³/mol. The first kappa shape index (κ1) is 24.0. The zero-order valence-electron chi connectivity index (χ0n) is 20.0. The molecule has 0 aliphatic heterocycles. The monoisotopic (exact) mass is 557 g/mol. The van der Waals surface area contributed by atoms with Gasteiger partial charge in [-0.1, -0.05) is 0 Å². The summed E-state index contributed by atoms with van der Waals surface area (Å²) in [6, 6.07) is 2.27. The van der Waals surface area contributed by atoms with Crippen LogP contribution in [-0.2, 0) is 22.8 Å². The molecule has 35 heavy (non-hydrogen) atoms. The third-order valence-electron chi connectivity index (χ3n) is 6.48. The van der Waals surface area contributed by atoms with Gasteiger partial charge in [0.2, 0.25) is 0 Å². The maximum atomic E-state index is 13.4. The van der Waals surface area contributed by atoms with Gasteiger partial charge in [0.25, 0.3) is 0 Å². The SMILES string of the molecule is CCOC(=O)c1c(CSCc2nc[nH]c2C)n(C2CC2)c2cc(Br)c(O)c(Cn3ccnc3C)c12. The minimum absolute atomic E-state index is 0.135. The lowest BCUT2D eigenvalue weighted by Crippen LogP contribution is -2.10. The van der Waals surface area contributed by atoms with Gasteiger partial charge in [-0.05, 0) is 55.6 Å². The lowest BCUT2D eigenvalue weighted by atomic mass is 10.0. The number of carbonyl (C=O) groups excluding carboxylic acids is 1. The van der Waals surface area contributed by atoms with Crippen LogP contribution < -0.4 is 0 Å². The molecule has 8 nitrogen and oxygen atoms in total. The van der Waals surface area contributed by atoms with Gasteiger partial charge in [0.1, 0.15) is 11.6 Å². The van der Waals surface area contributed by atoms with E-state index in [1.807, 2.05) is 37.6 Å². The summed E-state index contributed by atoms with van der Waals surface area (Å²) >= 11 is 5.28. The lowest BCUT2D eigenvalue weighted by molar-refractivity contribution is 0.0527. The number of aromatic nitrogens is 5. The third kappa shape index (κ3) is 4.49. The molecule has 1 aliphatic carbocycles. The Balaban J connectivity index is 1.68. The van der Waals surface area contributed by atoms with Crippen LogP contribution >= 0.6 is 27.7 Å². The van der Waals surface area contributed by atoms with Crippen molar-refractivity contribution in [1.29, 1.82) is 0 Å². The Morgan fingerprint density at radius 1 is 1.31 bits per heavy atom. The number of carbonyl (C=O) groups is 1. The number of phenols is 1. The van der Waals surface area contributed by atoms with Gasteiger partial charge < -0.3 is 24.0 Å². The number of H-pyrrole nitrogens is 1. The first-order chi connectivity index (χ1) is 16.9. The number of aromatic amines is 1. The summed E-state index contributed by atoms with van der Waals surface area (Å²) < 4.78 is 10.4. The van der Waals surface area contributed by atoms with Crippen LogP contribution in [0.15, 0.2) is 29.3 Å². The van der Waals surface area contributed by atoms with E-state index in [4.69, 9.17) is 4.74 Å². The summed E-state index contributed by atoms with van der Waals surface area (Å²) in [5.74, 6) is 1.99. The summed E-state index contributed by atoms with van der Waals surface area (Å²) in [6.45, 7) is 6.43. The number of nitrogens with zero attached hydrogens (tertiary/aromatic N) is 4. The molecule has 1 saturated carbocycles. The quantitative estimate of drug-likeness (QED) is 0.258. The summed E-state index contributed by atoms with van der Waals surface area (Å²) in [5, 5.41) is 11.9. The van der Waals surface area contributed by atoms with Crippen molar-refractivity contribution < 1.29 is 14.6 Å². The van der Waals surface area contributed by atoms with Crippen LogP contribution in [0, 0.1) is 13.8 Å². The van der Waals surface area contributed by atoms with Crippen LogP contribution in [0.5, 0.6) is 5.75 Å². The Labute approximate surface area is 216 Å². The molecule has 2 N–H and O–H groups in total. The molecule has 184 valence electrons. The number of nitrogens with one attached hydrogen (secondary N) is 1. The molecule has 4 aromatic rings. The zero-order valence-corrected chi connectivity index (χ0v) is 22.4. The fourth-order valence-corrected chi connectivity index (χ4v) is 6.06. The average Bonchev–Trinajstić information content (AvgIpc) is 3.33. The highest BCUT2D eigenvalue weighted by atomic mass is 79.9. The molecule has 1 fully saturated rings. The van der Waals surface area contributed by atoms with Crippen molar-refractivity contribution in [1.82, 2.24) is 24.1 Å². The molecule has 0 amide bonds. The van der Waals surface area contributed by atoms with Crippen molar-refractivity contribution in [3.63, 3.8) is 0 Å². The molecule has 0 unspecified atom stereocenters. The number of phenolic OH excluding ortho intramolecular Hbond substituents is 1. The van der Waals surface area contributed by atoms with Gasteiger partial charge in [-0.2, -0.15) is 0 Å². The smallest absolute Gasteiger partial charge is 0.340 e. The van der Waals surface area contributed by atoms with Gasteiger partial charge >= 0.3 is 5.97 Å². The summed E-state index contributed by atoms with van der Waals surface area (Å²) in [4.78, 5) is 25.3. The molecule has 0 bridgehead atoms. The van der Waals surface area contributed by atoms with E-state index >= 15 is 0 Å². The maximum absolute atomic E-state index is 13.4. The number of aromatic hydroxyl groups is 1. The largest absolute Gasteiger partial charge is 0.506 e. The number of ether oxygens (including phenoxy) is 1. The van der Waals surface area contributed by atoms with E-state index in [9.17, 15) is 9.90 Å². The Kier molecular flexibility index (Phi) is 6.67. The molecule has 3 aromatic heterocycles. The van der Waals surface area contributed by atoms with Gasteiger partial charge in [-0.15, -0.1) is 11.8 Å². The van der Waals surface area contributed by atoms with Gasteiger partial charge in [-0.3, -0.25) is 0 Å². The van der Waals surface area contributed by atoms with Crippen LogP contribution in [0.1, 0.15) is 64.6 Å². The molecule has 1 aromatic carbocycles. The molecular weight excluding hydrogens is 530 g/mol. The van der Waals surface area contributed by atoms with E-state index in [0.717, 1.165) is 52.4 Å². The molecular formula is C25H28BrN5O3S. The van der Waals surface area contributed by atoms with E-state index in [2.05, 4.69) is 35.4 Å². The number of hydrogen-bond acceptors (Lipinski definition) is 6. The van der Waals surface area contributed by atoms with Crippen LogP contribution in [0.4, 0.5) is 0 Å². The highest BCUT2D eigenvalue weighted by molar-refractivity contribution is 9.10. The lowest BCUT2D eigenvalue weighted by Gasteiger charge is -2.13. The second-order valence-electron chi connectivity index (χ2n) is 8.79. The van der Waals surface area contributed by atoms with Crippen molar-refractivity contribution in [2.24, 2.45) is 0 Å². The molecule has 1 aliphatic rings. The average molecular weight is 559 g/mol. The van der Waals surface area contributed by atoms with Crippen molar-refractivity contribution in [2.75, 3.05) is 6.61 Å². The zero-order chi connectivity index (χ0) is 24.7.